The highest BCUT2D eigenvalue weighted by Gasteiger charge is 2.13. The largest absolute Gasteiger partial charge is 0.271 e. The van der Waals surface area contributed by atoms with Gasteiger partial charge in [0.05, 0.1) is 6.04 Å². The summed E-state index contributed by atoms with van der Waals surface area (Å²) in [6.45, 7) is 0. The van der Waals surface area contributed by atoms with Gasteiger partial charge in [0.15, 0.2) is 0 Å². The lowest BCUT2D eigenvalue weighted by Crippen LogP contribution is -2.29. The van der Waals surface area contributed by atoms with Gasteiger partial charge >= 0.3 is 0 Å². The van der Waals surface area contributed by atoms with Crippen LogP contribution in [-0.4, -0.2) is 0 Å². The van der Waals surface area contributed by atoms with Gasteiger partial charge in [-0.25, -0.2) is 4.39 Å². The van der Waals surface area contributed by atoms with Gasteiger partial charge in [-0.05, 0) is 35.7 Å². The topological polar surface area (TPSA) is 38.0 Å². The van der Waals surface area contributed by atoms with Gasteiger partial charge < -0.3 is 0 Å². The Morgan fingerprint density at radius 1 is 1.11 bits per heavy atom. The molecule has 0 spiro atoms. The van der Waals surface area contributed by atoms with E-state index in [0.717, 1.165) is 11.1 Å². The van der Waals surface area contributed by atoms with Gasteiger partial charge in [0.1, 0.15) is 5.82 Å². The summed E-state index contributed by atoms with van der Waals surface area (Å²) < 4.78 is 12.8. The molecule has 3 N–H and O–H groups in total. The lowest BCUT2D eigenvalue weighted by atomic mass is 9.99. The van der Waals surface area contributed by atoms with Gasteiger partial charge in [-0.15, -0.1) is 0 Å². The summed E-state index contributed by atoms with van der Waals surface area (Å²) in [4.78, 5) is 0. The predicted molar refractivity (Wildman–Crippen MR) is 71.6 cm³/mol. The lowest BCUT2D eigenvalue weighted by molar-refractivity contribution is 0.551. The smallest absolute Gasteiger partial charge is 0.123 e. The summed E-state index contributed by atoms with van der Waals surface area (Å²) in [6, 6.07) is 13.8. The van der Waals surface area contributed by atoms with Crippen LogP contribution in [0.15, 0.2) is 48.5 Å². The Morgan fingerprint density at radius 3 is 2.39 bits per heavy atom. The quantitative estimate of drug-likeness (QED) is 0.657. The standard InChI is InChI=1S/C14H14ClFN2/c15-13-4-2-1-3-12(13)14(18-17)9-10-5-7-11(16)8-6-10/h1-8,14,18H,9,17H2. The summed E-state index contributed by atoms with van der Waals surface area (Å²) >= 11 is 6.13. The molecule has 0 fully saturated rings. The van der Waals surface area contributed by atoms with Crippen molar-refractivity contribution in [2.75, 3.05) is 0 Å². The molecule has 0 saturated heterocycles. The van der Waals surface area contributed by atoms with Crippen LogP contribution in [0.1, 0.15) is 17.2 Å². The number of hydrogen-bond donors (Lipinski definition) is 2. The maximum absolute atomic E-state index is 12.8. The van der Waals surface area contributed by atoms with Crippen molar-refractivity contribution in [1.82, 2.24) is 5.43 Å². The molecule has 2 aromatic rings. The Hall–Kier alpha value is -1.42. The van der Waals surface area contributed by atoms with Crippen LogP contribution in [-0.2, 0) is 6.42 Å². The van der Waals surface area contributed by atoms with Gasteiger partial charge in [-0.3, -0.25) is 11.3 Å². The molecule has 4 heteroatoms. The van der Waals surface area contributed by atoms with E-state index in [0.29, 0.717) is 11.4 Å². The van der Waals surface area contributed by atoms with Crippen LogP contribution < -0.4 is 11.3 Å². The molecular formula is C14H14ClFN2. The number of hydrazine groups is 1. The van der Waals surface area contributed by atoms with Gasteiger partial charge in [0.2, 0.25) is 0 Å². The van der Waals surface area contributed by atoms with Crippen molar-refractivity contribution in [2.45, 2.75) is 12.5 Å². The third-order valence-corrected chi connectivity index (χ3v) is 3.18. The second kappa shape index (κ2) is 5.96. The molecule has 2 nitrogen and oxygen atoms in total. The van der Waals surface area contributed by atoms with E-state index >= 15 is 0 Å². The van der Waals surface area contributed by atoms with E-state index in [2.05, 4.69) is 5.43 Å². The van der Waals surface area contributed by atoms with Crippen molar-refractivity contribution in [2.24, 2.45) is 5.84 Å². The summed E-state index contributed by atoms with van der Waals surface area (Å²) in [7, 11) is 0. The first-order valence-electron chi connectivity index (χ1n) is 5.65. The minimum atomic E-state index is -0.242. The van der Waals surface area contributed by atoms with Crippen LogP contribution in [0.2, 0.25) is 5.02 Å². The first-order chi connectivity index (χ1) is 8.70. The SMILES string of the molecule is NNC(Cc1ccc(F)cc1)c1ccccc1Cl. The molecule has 0 aliphatic heterocycles. The number of halogens is 2. The van der Waals surface area contributed by atoms with E-state index in [9.17, 15) is 4.39 Å². The van der Waals surface area contributed by atoms with Crippen LogP contribution in [0.5, 0.6) is 0 Å². The fourth-order valence-electron chi connectivity index (χ4n) is 1.87. The highest BCUT2D eigenvalue weighted by atomic mass is 35.5. The summed E-state index contributed by atoms with van der Waals surface area (Å²) in [6.07, 6.45) is 0.653. The third-order valence-electron chi connectivity index (χ3n) is 2.83. The molecule has 94 valence electrons. The Balaban J connectivity index is 2.20. The molecule has 1 unspecified atom stereocenters. The second-order valence-corrected chi connectivity index (χ2v) is 4.48. The minimum Gasteiger partial charge on any atom is -0.271 e. The van der Waals surface area contributed by atoms with Gasteiger partial charge in [0, 0.05) is 5.02 Å². The number of hydrogen-bond acceptors (Lipinski definition) is 2. The van der Waals surface area contributed by atoms with E-state index in [-0.39, 0.29) is 11.9 Å². The molecular weight excluding hydrogens is 251 g/mol. The molecule has 0 aliphatic carbocycles. The van der Waals surface area contributed by atoms with Crippen LogP contribution >= 0.6 is 11.6 Å². The number of benzene rings is 2. The van der Waals surface area contributed by atoms with E-state index < -0.39 is 0 Å². The normalized spacial score (nSPS) is 12.4. The molecule has 0 heterocycles. The molecule has 18 heavy (non-hydrogen) atoms. The second-order valence-electron chi connectivity index (χ2n) is 4.07. The zero-order chi connectivity index (χ0) is 13.0. The van der Waals surface area contributed by atoms with Crippen molar-refractivity contribution < 1.29 is 4.39 Å². The molecule has 0 amide bonds. The molecule has 0 bridgehead atoms. The zero-order valence-corrected chi connectivity index (χ0v) is 10.5. The van der Waals surface area contributed by atoms with Gasteiger partial charge in [-0.1, -0.05) is 41.9 Å². The van der Waals surface area contributed by atoms with Crippen LogP contribution in [0.3, 0.4) is 0 Å². The molecule has 0 saturated carbocycles. The number of nitrogens with two attached hydrogens (primary N) is 1. The van der Waals surface area contributed by atoms with Crippen molar-refractivity contribution in [3.63, 3.8) is 0 Å². The number of nitrogens with one attached hydrogen (secondary N) is 1. The average molecular weight is 265 g/mol. The summed E-state index contributed by atoms with van der Waals surface area (Å²) in [5.74, 6) is 5.33. The first-order valence-corrected chi connectivity index (χ1v) is 6.03. The van der Waals surface area contributed by atoms with E-state index in [4.69, 9.17) is 17.4 Å². The maximum Gasteiger partial charge on any atom is 0.123 e. The fourth-order valence-corrected chi connectivity index (χ4v) is 2.14. The van der Waals surface area contributed by atoms with Crippen LogP contribution in [0, 0.1) is 5.82 Å². The average Bonchev–Trinajstić information content (AvgIpc) is 2.39. The highest BCUT2D eigenvalue weighted by molar-refractivity contribution is 6.31. The summed E-state index contributed by atoms with van der Waals surface area (Å²) in [5.41, 5.74) is 4.68. The Morgan fingerprint density at radius 2 is 1.78 bits per heavy atom. The predicted octanol–water partition coefficient (Wildman–Crippen LogP) is 3.23. The van der Waals surface area contributed by atoms with Gasteiger partial charge in [-0.2, -0.15) is 0 Å². The van der Waals surface area contributed by atoms with Crippen LogP contribution in [0.4, 0.5) is 4.39 Å². The minimum absolute atomic E-state index is 0.0934. The molecule has 0 aromatic heterocycles. The first kappa shape index (κ1) is 13.0. The van der Waals surface area contributed by atoms with Gasteiger partial charge in [0.25, 0.3) is 0 Å². The van der Waals surface area contributed by atoms with Crippen molar-refractivity contribution in [1.29, 1.82) is 0 Å². The Bertz CT molecular complexity index is 513. The van der Waals surface area contributed by atoms with Crippen molar-refractivity contribution in [3.8, 4) is 0 Å². The third kappa shape index (κ3) is 3.07. The Labute approximate surface area is 111 Å². The van der Waals surface area contributed by atoms with Crippen LogP contribution in [0.25, 0.3) is 0 Å². The van der Waals surface area contributed by atoms with Crippen molar-refractivity contribution >= 4 is 11.6 Å². The molecule has 1 atom stereocenters. The molecule has 0 radical (unpaired) electrons. The lowest BCUT2D eigenvalue weighted by Gasteiger charge is -2.17. The Kier molecular flexibility index (Phi) is 4.31. The van der Waals surface area contributed by atoms with Crippen molar-refractivity contribution in [3.05, 3.63) is 70.5 Å². The molecule has 2 aromatic carbocycles. The zero-order valence-electron chi connectivity index (χ0n) is 9.74. The molecule has 0 aliphatic rings. The monoisotopic (exact) mass is 264 g/mol. The fraction of sp³-hybridized carbons (Fsp3) is 0.143. The highest BCUT2D eigenvalue weighted by Crippen LogP contribution is 2.25. The molecule has 2 rings (SSSR count). The van der Waals surface area contributed by atoms with E-state index in [1.165, 1.54) is 12.1 Å². The summed E-state index contributed by atoms with van der Waals surface area (Å²) in [5, 5.41) is 0.669. The van der Waals surface area contributed by atoms with E-state index in [1.807, 2.05) is 24.3 Å². The number of rotatable bonds is 4. The van der Waals surface area contributed by atoms with E-state index in [1.54, 1.807) is 12.1 Å². The maximum atomic E-state index is 12.8.